The molecule has 0 heterocycles. The van der Waals surface area contributed by atoms with Crippen molar-refractivity contribution < 1.29 is 13.9 Å². The van der Waals surface area contributed by atoms with Crippen LogP contribution in [0.2, 0.25) is 0 Å². The predicted octanol–water partition coefficient (Wildman–Crippen LogP) is 6.90. The zero-order chi connectivity index (χ0) is 21.1. The largest absolute Gasteiger partial charge is 0.353 e. The van der Waals surface area contributed by atoms with Gasteiger partial charge in [-0.2, -0.15) is 0 Å². The lowest BCUT2D eigenvalue weighted by Crippen LogP contribution is -2.36. The van der Waals surface area contributed by atoms with Crippen molar-refractivity contribution in [2.24, 2.45) is 35.5 Å². The maximum absolute atomic E-state index is 13.9. The minimum absolute atomic E-state index is 0.0348. The average Bonchev–Trinajstić information content (AvgIpc) is 2.52. The molecule has 4 nitrogen and oxygen atoms in total. The molecule has 164 valence electrons. The van der Waals surface area contributed by atoms with Gasteiger partial charge in [0.05, 0.1) is 6.10 Å². The topological polar surface area (TPSA) is 55.4 Å². The van der Waals surface area contributed by atoms with Crippen LogP contribution < -0.4 is 5.09 Å². The summed E-state index contributed by atoms with van der Waals surface area (Å²) in [5.41, 5.74) is 0. The molecular weight excluding hydrogens is 389 g/mol. The van der Waals surface area contributed by atoms with Crippen molar-refractivity contribution in [2.75, 3.05) is 0 Å². The second kappa shape index (κ2) is 10.4. The van der Waals surface area contributed by atoms with Crippen molar-refractivity contribution in [1.29, 1.82) is 0 Å². The Morgan fingerprint density at radius 1 is 0.964 bits per heavy atom. The van der Waals surface area contributed by atoms with Crippen molar-refractivity contribution in [3.05, 3.63) is 0 Å². The molecule has 1 N–H and O–H groups in total. The summed E-state index contributed by atoms with van der Waals surface area (Å²) in [6, 6.07) is 0. The number of hydrogen-bond acceptors (Lipinski definition) is 4. The van der Waals surface area contributed by atoms with Gasteiger partial charge in [-0.3, -0.25) is 14.4 Å². The van der Waals surface area contributed by atoms with Crippen LogP contribution in [-0.4, -0.2) is 17.3 Å². The van der Waals surface area contributed by atoms with E-state index < -0.39 is 6.72 Å². The first-order valence-corrected chi connectivity index (χ1v) is 14.4. The highest BCUT2D eigenvalue weighted by atomic mass is 32.7. The lowest BCUT2D eigenvalue weighted by molar-refractivity contribution is -0.117. The molecule has 7 unspecified atom stereocenters. The van der Waals surface area contributed by atoms with Gasteiger partial charge < -0.3 is 4.52 Å². The first-order chi connectivity index (χ1) is 13.0. The zero-order valence-electron chi connectivity index (χ0n) is 18.9. The summed E-state index contributed by atoms with van der Waals surface area (Å²) in [6.45, 7) is 11.7. The highest BCUT2D eigenvalue weighted by molar-refractivity contribution is 8.56. The summed E-state index contributed by atoms with van der Waals surface area (Å²) in [4.78, 5) is 11.9. The molecule has 0 saturated heterocycles. The molecule has 0 aromatic heterocycles. The number of nitrogens with one attached hydrogen (secondary N) is 1. The molecule has 7 atom stereocenters. The van der Waals surface area contributed by atoms with E-state index in [0.717, 1.165) is 19.3 Å². The standard InChI is InChI=1S/C22H42NO3PS/c1-14(2)19-10-8-16(5)12-21(19)26-27(25,23-18(7)24)28-22-13-17(6)9-11-20(22)15(3)4/h14-17,19-22H,8-13H2,1-7H3,(H,23,24,25). The third-order valence-electron chi connectivity index (χ3n) is 6.77. The fourth-order valence-electron chi connectivity index (χ4n) is 5.10. The SMILES string of the molecule is CC(=O)NP(=O)(OC1CC(C)CCC1C(C)C)SC1CC(C)CCC1C(C)C. The second-order valence-electron chi connectivity index (χ2n) is 10.1. The van der Waals surface area contributed by atoms with Crippen molar-refractivity contribution in [2.45, 2.75) is 98.3 Å². The van der Waals surface area contributed by atoms with Gasteiger partial charge in [-0.25, -0.2) is 0 Å². The van der Waals surface area contributed by atoms with E-state index >= 15 is 0 Å². The van der Waals surface area contributed by atoms with Crippen molar-refractivity contribution in [3.8, 4) is 0 Å². The predicted molar refractivity (Wildman–Crippen MR) is 120 cm³/mol. The van der Waals surface area contributed by atoms with Crippen LogP contribution in [0.1, 0.15) is 87.0 Å². The Balaban J connectivity index is 2.21. The fraction of sp³-hybridized carbons (Fsp3) is 0.955. The van der Waals surface area contributed by atoms with Gasteiger partial charge >= 0.3 is 6.72 Å². The number of carbonyl (C=O) groups excluding carboxylic acids is 1. The molecule has 2 aliphatic rings. The average molecular weight is 432 g/mol. The Kier molecular flexibility index (Phi) is 8.98. The molecule has 28 heavy (non-hydrogen) atoms. The van der Waals surface area contributed by atoms with E-state index in [1.807, 2.05) is 0 Å². The van der Waals surface area contributed by atoms with E-state index in [-0.39, 0.29) is 17.3 Å². The Labute approximate surface area is 177 Å². The summed E-state index contributed by atoms with van der Waals surface area (Å²) in [6.07, 6.45) is 6.68. The van der Waals surface area contributed by atoms with Crippen LogP contribution in [-0.2, 0) is 13.9 Å². The molecule has 0 radical (unpaired) electrons. The molecule has 0 spiro atoms. The Morgan fingerprint density at radius 2 is 1.50 bits per heavy atom. The van der Waals surface area contributed by atoms with Crippen LogP contribution in [0, 0.1) is 35.5 Å². The highest BCUT2D eigenvalue weighted by Crippen LogP contribution is 2.63. The molecule has 2 saturated carbocycles. The summed E-state index contributed by atoms with van der Waals surface area (Å²) < 4.78 is 20.3. The Hall–Kier alpha value is 0.01000. The number of amides is 1. The van der Waals surface area contributed by atoms with E-state index in [4.69, 9.17) is 4.52 Å². The maximum atomic E-state index is 13.9. The molecule has 1 amide bonds. The number of rotatable bonds is 7. The third-order valence-corrected chi connectivity index (χ3v) is 11.2. The fourth-order valence-corrected chi connectivity index (χ4v) is 10.4. The molecular formula is C22H42NO3PS. The van der Waals surface area contributed by atoms with Crippen LogP contribution in [0.25, 0.3) is 0 Å². The third kappa shape index (κ3) is 6.77. The van der Waals surface area contributed by atoms with Gasteiger partial charge in [-0.1, -0.05) is 54.4 Å². The van der Waals surface area contributed by atoms with Gasteiger partial charge in [0, 0.05) is 12.2 Å². The van der Waals surface area contributed by atoms with Crippen molar-refractivity contribution in [3.63, 3.8) is 0 Å². The van der Waals surface area contributed by atoms with Crippen LogP contribution >= 0.6 is 18.1 Å². The molecule has 0 aliphatic heterocycles. The van der Waals surface area contributed by atoms with Gasteiger partial charge in [0.1, 0.15) is 0 Å². The van der Waals surface area contributed by atoms with Gasteiger partial charge in [-0.05, 0) is 72.6 Å². The number of hydrogen-bond donors (Lipinski definition) is 1. The molecule has 6 heteroatoms. The summed E-state index contributed by atoms with van der Waals surface area (Å²) in [5, 5.41) is 3.03. The van der Waals surface area contributed by atoms with Crippen LogP contribution in [0.4, 0.5) is 0 Å². The van der Waals surface area contributed by atoms with E-state index in [2.05, 4.69) is 46.6 Å². The van der Waals surface area contributed by atoms with Crippen LogP contribution in [0.5, 0.6) is 0 Å². The summed E-state index contributed by atoms with van der Waals surface area (Å²) >= 11 is 1.45. The molecule has 0 aromatic rings. The quantitative estimate of drug-likeness (QED) is 0.445. The van der Waals surface area contributed by atoms with Crippen LogP contribution in [0.15, 0.2) is 0 Å². The lowest BCUT2D eigenvalue weighted by atomic mass is 9.75. The minimum atomic E-state index is -3.30. The smallest absolute Gasteiger partial charge is 0.302 e. The van der Waals surface area contributed by atoms with Crippen molar-refractivity contribution in [1.82, 2.24) is 5.09 Å². The van der Waals surface area contributed by atoms with E-state index in [1.165, 1.54) is 37.6 Å². The minimum Gasteiger partial charge on any atom is -0.302 e. The van der Waals surface area contributed by atoms with Gasteiger partial charge in [-0.15, -0.1) is 0 Å². The van der Waals surface area contributed by atoms with Gasteiger partial charge in [0.25, 0.3) is 0 Å². The Bertz CT molecular complexity index is 530. The molecule has 2 aliphatic carbocycles. The molecule has 2 fully saturated rings. The van der Waals surface area contributed by atoms with Gasteiger partial charge in [0.2, 0.25) is 5.91 Å². The zero-order valence-corrected chi connectivity index (χ0v) is 20.7. The maximum Gasteiger partial charge on any atom is 0.353 e. The second-order valence-corrected chi connectivity index (χ2v) is 14.4. The summed E-state index contributed by atoms with van der Waals surface area (Å²) in [5.74, 6) is 2.93. The monoisotopic (exact) mass is 431 g/mol. The summed E-state index contributed by atoms with van der Waals surface area (Å²) in [7, 11) is 0. The molecule has 0 aromatic carbocycles. The van der Waals surface area contributed by atoms with E-state index in [9.17, 15) is 9.36 Å². The van der Waals surface area contributed by atoms with Crippen molar-refractivity contribution >= 4 is 24.0 Å². The molecule has 2 rings (SSSR count). The first kappa shape index (κ1) is 24.3. The molecule has 0 bridgehead atoms. The lowest BCUT2D eigenvalue weighted by Gasteiger charge is -2.41. The normalized spacial score (nSPS) is 36.3. The van der Waals surface area contributed by atoms with E-state index in [0.29, 0.717) is 35.5 Å². The highest BCUT2D eigenvalue weighted by Gasteiger charge is 2.42. The first-order valence-electron chi connectivity index (χ1n) is 11.3. The Morgan fingerprint density at radius 3 is 2.04 bits per heavy atom. The van der Waals surface area contributed by atoms with Crippen LogP contribution in [0.3, 0.4) is 0 Å². The van der Waals surface area contributed by atoms with Gasteiger partial charge in [0.15, 0.2) is 0 Å². The van der Waals surface area contributed by atoms with E-state index in [1.54, 1.807) is 0 Å². The number of carbonyl (C=O) groups is 1.